The molecule has 7 rings (SSSR count). The van der Waals surface area contributed by atoms with Crippen LogP contribution in [0.15, 0.2) is 36.5 Å². The number of aromatic nitrogens is 2. The number of hydrogen-bond donors (Lipinski definition) is 2. The first-order valence-corrected chi connectivity index (χ1v) is 17.0. The van der Waals surface area contributed by atoms with Crippen molar-refractivity contribution in [3.8, 4) is 11.3 Å². The molecule has 3 fully saturated rings. The van der Waals surface area contributed by atoms with E-state index in [1.165, 1.54) is 30.6 Å². The molecule has 0 spiro atoms. The summed E-state index contributed by atoms with van der Waals surface area (Å²) in [4.78, 5) is 20.9. The van der Waals surface area contributed by atoms with Gasteiger partial charge in [0.1, 0.15) is 12.0 Å². The van der Waals surface area contributed by atoms with Gasteiger partial charge in [-0.15, -0.1) is 0 Å². The van der Waals surface area contributed by atoms with Gasteiger partial charge in [0.2, 0.25) is 0 Å². The SMILES string of the molecule is O=C(NCCCN1CCC(F)CC1)c1ccc2c(c1)sc1nc(-c3c(F)cc(C4CCCN4)cc3C3CCCCC3)cn12. The molecule has 9 heteroatoms. The van der Waals surface area contributed by atoms with Gasteiger partial charge in [-0.1, -0.05) is 36.7 Å². The van der Waals surface area contributed by atoms with Crippen LogP contribution in [0.3, 0.4) is 0 Å². The van der Waals surface area contributed by atoms with Crippen LogP contribution in [0, 0.1) is 5.82 Å². The standard InChI is InChI=1S/C34H41F2N5OS/c35-25-11-16-40(17-12-25)15-5-14-38-33(42)23-9-10-30-31(20-23)43-34-39-29(21-41(30)34)32-26(22-6-2-1-3-7-22)18-24(19-27(32)36)28-8-4-13-37-28/h9-10,18-22,25,28,37H,1-8,11-17H2,(H,38,42). The van der Waals surface area contributed by atoms with E-state index in [1.807, 2.05) is 28.8 Å². The molecule has 1 amide bonds. The van der Waals surface area contributed by atoms with Crippen LogP contribution in [0.4, 0.5) is 8.78 Å². The number of alkyl halides is 1. The van der Waals surface area contributed by atoms with Crippen molar-refractivity contribution in [3.63, 3.8) is 0 Å². The van der Waals surface area contributed by atoms with E-state index in [-0.39, 0.29) is 17.8 Å². The van der Waals surface area contributed by atoms with Gasteiger partial charge in [0.05, 0.1) is 15.9 Å². The monoisotopic (exact) mass is 605 g/mol. The van der Waals surface area contributed by atoms with E-state index in [9.17, 15) is 9.18 Å². The van der Waals surface area contributed by atoms with E-state index in [4.69, 9.17) is 4.98 Å². The van der Waals surface area contributed by atoms with Crippen LogP contribution in [0.25, 0.3) is 26.4 Å². The van der Waals surface area contributed by atoms with Gasteiger partial charge in [-0.25, -0.2) is 13.8 Å². The second-order valence-electron chi connectivity index (χ2n) is 12.6. The molecule has 4 heterocycles. The van der Waals surface area contributed by atoms with Gasteiger partial charge in [0.15, 0.2) is 4.96 Å². The summed E-state index contributed by atoms with van der Waals surface area (Å²) in [7, 11) is 0. The lowest BCUT2D eigenvalue weighted by Crippen LogP contribution is -2.36. The van der Waals surface area contributed by atoms with Gasteiger partial charge in [0.25, 0.3) is 5.91 Å². The lowest BCUT2D eigenvalue weighted by atomic mass is 9.80. The molecule has 3 aliphatic rings. The topological polar surface area (TPSA) is 61.7 Å². The molecule has 2 N–H and O–H groups in total. The zero-order valence-corrected chi connectivity index (χ0v) is 25.5. The van der Waals surface area contributed by atoms with Crippen molar-refractivity contribution in [2.75, 3.05) is 32.7 Å². The largest absolute Gasteiger partial charge is 0.352 e. The molecule has 1 unspecified atom stereocenters. The van der Waals surface area contributed by atoms with Crippen LogP contribution < -0.4 is 10.6 Å². The number of nitrogens with one attached hydrogen (secondary N) is 2. The van der Waals surface area contributed by atoms with Crippen LogP contribution in [0.5, 0.6) is 0 Å². The second kappa shape index (κ2) is 12.6. The summed E-state index contributed by atoms with van der Waals surface area (Å²) in [6.07, 6.45) is 11.4. The normalized spacial score (nSPS) is 20.8. The smallest absolute Gasteiger partial charge is 0.251 e. The number of hydrogen-bond acceptors (Lipinski definition) is 5. The number of fused-ring (bicyclic) bond motifs is 3. The van der Waals surface area contributed by atoms with Gasteiger partial charge in [-0.2, -0.15) is 0 Å². The number of amides is 1. The number of halogens is 2. The van der Waals surface area contributed by atoms with Gasteiger partial charge in [-0.3, -0.25) is 9.20 Å². The van der Waals surface area contributed by atoms with Crippen LogP contribution in [-0.2, 0) is 0 Å². The minimum absolute atomic E-state index is 0.0906. The van der Waals surface area contributed by atoms with E-state index in [0.29, 0.717) is 42.1 Å². The first kappa shape index (κ1) is 28.9. The molecule has 2 saturated heterocycles. The maximum Gasteiger partial charge on any atom is 0.251 e. The Labute approximate surface area is 255 Å². The average molecular weight is 606 g/mol. The third kappa shape index (κ3) is 6.08. The van der Waals surface area contributed by atoms with Crippen molar-refractivity contribution < 1.29 is 13.6 Å². The highest BCUT2D eigenvalue weighted by Gasteiger charge is 2.27. The number of likely N-dealkylation sites (tertiary alicyclic amines) is 1. The van der Waals surface area contributed by atoms with Crippen molar-refractivity contribution in [2.24, 2.45) is 0 Å². The van der Waals surface area contributed by atoms with Crippen molar-refractivity contribution in [3.05, 3.63) is 59.0 Å². The van der Waals surface area contributed by atoms with E-state index >= 15 is 4.39 Å². The van der Waals surface area contributed by atoms with Gasteiger partial charge >= 0.3 is 0 Å². The Morgan fingerprint density at radius 3 is 2.67 bits per heavy atom. The summed E-state index contributed by atoms with van der Waals surface area (Å²) in [5.74, 6) is 0.0966. The van der Waals surface area contributed by atoms with Crippen LogP contribution in [-0.4, -0.2) is 59.1 Å². The van der Waals surface area contributed by atoms with Gasteiger partial charge < -0.3 is 15.5 Å². The molecule has 1 aliphatic carbocycles. The first-order valence-electron chi connectivity index (χ1n) is 16.2. The van der Waals surface area contributed by atoms with Crippen molar-refractivity contribution in [1.29, 1.82) is 0 Å². The molecule has 6 nitrogen and oxygen atoms in total. The number of rotatable bonds is 8. The summed E-state index contributed by atoms with van der Waals surface area (Å²) >= 11 is 1.53. The minimum atomic E-state index is -0.664. The summed E-state index contributed by atoms with van der Waals surface area (Å²) in [6.45, 7) is 4.05. The number of piperidine rings is 1. The Kier molecular flexibility index (Phi) is 8.47. The Bertz CT molecular complexity index is 1600. The van der Waals surface area contributed by atoms with Gasteiger partial charge in [0, 0.05) is 43.0 Å². The average Bonchev–Trinajstić information content (AvgIpc) is 3.77. The number of carbonyl (C=O) groups is 1. The van der Waals surface area contributed by atoms with Gasteiger partial charge in [-0.05, 0) is 99.3 Å². The van der Waals surface area contributed by atoms with Crippen molar-refractivity contribution in [2.45, 2.75) is 82.3 Å². The Hall–Kier alpha value is -2.88. The fourth-order valence-corrected chi connectivity index (χ4v) is 8.37. The third-order valence-electron chi connectivity index (χ3n) is 9.72. The maximum atomic E-state index is 16.0. The number of nitrogens with zero attached hydrogens (tertiary/aromatic N) is 3. The van der Waals surface area contributed by atoms with Crippen LogP contribution in [0.1, 0.15) is 97.7 Å². The summed E-state index contributed by atoms with van der Waals surface area (Å²) in [6, 6.07) is 9.97. The number of thiazole rings is 1. The quantitative estimate of drug-likeness (QED) is 0.206. The Morgan fingerprint density at radius 1 is 1.05 bits per heavy atom. The molecule has 1 atom stereocenters. The lowest BCUT2D eigenvalue weighted by Gasteiger charge is -2.28. The molecule has 228 valence electrons. The Morgan fingerprint density at radius 2 is 1.88 bits per heavy atom. The fourth-order valence-electron chi connectivity index (χ4n) is 7.32. The predicted octanol–water partition coefficient (Wildman–Crippen LogP) is 7.38. The summed E-state index contributed by atoms with van der Waals surface area (Å²) in [5, 5.41) is 6.58. The highest BCUT2D eigenvalue weighted by atomic mass is 32.1. The first-order chi connectivity index (χ1) is 21.0. The Balaban J connectivity index is 1.10. The molecule has 2 aromatic heterocycles. The zero-order chi connectivity index (χ0) is 29.3. The number of imidazole rings is 1. The maximum absolute atomic E-state index is 16.0. The molecule has 1 saturated carbocycles. The van der Waals surface area contributed by atoms with E-state index in [0.717, 1.165) is 84.6 Å². The highest BCUT2D eigenvalue weighted by Crippen LogP contribution is 2.42. The van der Waals surface area contributed by atoms with Crippen molar-refractivity contribution >= 4 is 32.4 Å². The molecular formula is C34H41F2N5OS. The second-order valence-corrected chi connectivity index (χ2v) is 13.6. The minimum Gasteiger partial charge on any atom is -0.352 e. The number of carbonyl (C=O) groups excluding carboxylic acids is 1. The summed E-state index contributed by atoms with van der Waals surface area (Å²) in [5.41, 5.74) is 5.12. The fraction of sp³-hybridized carbons (Fsp3) is 0.529. The molecule has 0 radical (unpaired) electrons. The van der Waals surface area contributed by atoms with Crippen molar-refractivity contribution in [1.82, 2.24) is 24.9 Å². The summed E-state index contributed by atoms with van der Waals surface area (Å²) < 4.78 is 32.4. The van der Waals surface area contributed by atoms with E-state index < -0.39 is 6.17 Å². The zero-order valence-electron chi connectivity index (χ0n) is 24.7. The number of benzene rings is 2. The predicted molar refractivity (Wildman–Crippen MR) is 169 cm³/mol. The van der Waals surface area contributed by atoms with E-state index in [2.05, 4.69) is 21.6 Å². The molecule has 0 bridgehead atoms. The highest BCUT2D eigenvalue weighted by molar-refractivity contribution is 7.23. The molecule has 43 heavy (non-hydrogen) atoms. The molecule has 4 aromatic rings. The van der Waals surface area contributed by atoms with Crippen LogP contribution >= 0.6 is 11.3 Å². The molecule has 2 aromatic carbocycles. The lowest BCUT2D eigenvalue weighted by molar-refractivity contribution is 0.0950. The van der Waals surface area contributed by atoms with E-state index in [1.54, 1.807) is 6.07 Å². The third-order valence-corrected chi connectivity index (χ3v) is 10.7. The molecular weight excluding hydrogens is 564 g/mol. The van der Waals surface area contributed by atoms with Crippen LogP contribution in [0.2, 0.25) is 0 Å². The molecule has 2 aliphatic heterocycles.